The lowest BCUT2D eigenvalue weighted by Crippen LogP contribution is -2.28. The largest absolute Gasteiger partial charge is 0.490 e. The lowest BCUT2D eigenvalue weighted by atomic mass is 10.1. The second kappa shape index (κ2) is 13.4. The minimum Gasteiger partial charge on any atom is -0.490 e. The Kier molecular flexibility index (Phi) is 9.27. The van der Waals surface area contributed by atoms with Crippen LogP contribution in [0.25, 0.3) is 11.3 Å². The molecule has 11 heteroatoms. The molecular weight excluding hydrogens is 515 g/mol. The molecule has 2 saturated heterocycles. The van der Waals surface area contributed by atoms with Crippen molar-refractivity contribution < 1.29 is 23.3 Å². The molecular formula is C29H33FN6O4. The number of aromatic nitrogens is 2. The third-order valence-corrected chi connectivity index (χ3v) is 6.79. The molecule has 3 N–H and O–H groups in total. The van der Waals surface area contributed by atoms with E-state index in [1.54, 1.807) is 12.3 Å². The number of hydrogen-bond donors (Lipinski definition) is 2. The highest BCUT2D eigenvalue weighted by Crippen LogP contribution is 2.24. The zero-order valence-electron chi connectivity index (χ0n) is 22.2. The Balaban J connectivity index is 1.24. The van der Waals surface area contributed by atoms with Gasteiger partial charge >= 0.3 is 0 Å². The minimum atomic E-state index is -0.486. The summed E-state index contributed by atoms with van der Waals surface area (Å²) in [7, 11) is 0. The van der Waals surface area contributed by atoms with E-state index in [0.717, 1.165) is 56.0 Å². The predicted molar refractivity (Wildman–Crippen MR) is 150 cm³/mol. The Labute approximate surface area is 232 Å². The number of nitrogens with two attached hydrogens (primary N) is 1. The average Bonchev–Trinajstić information content (AvgIpc) is 3.50. The SMILES string of the molecule is C=N/N=C(\OCc1nc(-c2ccc(OC3CCOCC3)cc2)cnc1N)c1ccc(CNC2CCOC2)cc1F. The molecule has 2 aliphatic rings. The van der Waals surface area contributed by atoms with Crippen LogP contribution in [0.15, 0.2) is 58.9 Å². The van der Waals surface area contributed by atoms with Crippen LogP contribution in [0.1, 0.15) is 36.1 Å². The normalized spacial score (nSPS) is 18.0. The summed E-state index contributed by atoms with van der Waals surface area (Å²) in [6.45, 7) is 6.67. The van der Waals surface area contributed by atoms with E-state index >= 15 is 4.39 Å². The third-order valence-electron chi connectivity index (χ3n) is 6.79. The van der Waals surface area contributed by atoms with Gasteiger partial charge in [0.15, 0.2) is 0 Å². The van der Waals surface area contributed by atoms with Crippen molar-refractivity contribution in [3.63, 3.8) is 0 Å². The van der Waals surface area contributed by atoms with Crippen LogP contribution < -0.4 is 15.8 Å². The summed E-state index contributed by atoms with van der Waals surface area (Å²) in [5.74, 6) is 0.473. The number of anilines is 1. The van der Waals surface area contributed by atoms with Crippen molar-refractivity contribution in [1.82, 2.24) is 15.3 Å². The maximum atomic E-state index is 15.1. The molecule has 0 saturated carbocycles. The molecule has 0 aliphatic carbocycles. The third kappa shape index (κ3) is 7.17. The molecule has 5 rings (SSSR count). The Bertz CT molecular complexity index is 1320. The summed E-state index contributed by atoms with van der Waals surface area (Å²) >= 11 is 0. The molecule has 0 radical (unpaired) electrons. The van der Waals surface area contributed by atoms with Gasteiger partial charge in [0, 0.05) is 44.3 Å². The minimum absolute atomic E-state index is 0.0302. The summed E-state index contributed by atoms with van der Waals surface area (Å²) in [5.41, 5.74) is 8.87. The van der Waals surface area contributed by atoms with Gasteiger partial charge in [-0.25, -0.2) is 14.4 Å². The number of halogens is 1. The highest BCUT2D eigenvalue weighted by atomic mass is 19.1. The number of nitrogen functional groups attached to an aromatic ring is 1. The van der Waals surface area contributed by atoms with E-state index in [0.29, 0.717) is 24.5 Å². The van der Waals surface area contributed by atoms with Crippen LogP contribution in [0.4, 0.5) is 10.2 Å². The molecule has 10 nitrogen and oxygen atoms in total. The Morgan fingerprint density at radius 2 is 1.90 bits per heavy atom. The average molecular weight is 549 g/mol. The van der Waals surface area contributed by atoms with Gasteiger partial charge in [0.05, 0.1) is 37.3 Å². The maximum Gasteiger partial charge on any atom is 0.244 e. The van der Waals surface area contributed by atoms with Gasteiger partial charge in [0.25, 0.3) is 0 Å². The first-order valence-corrected chi connectivity index (χ1v) is 13.3. The van der Waals surface area contributed by atoms with Gasteiger partial charge in [-0.2, -0.15) is 5.10 Å². The second-order valence-corrected chi connectivity index (χ2v) is 9.63. The molecule has 210 valence electrons. The van der Waals surface area contributed by atoms with Crippen molar-refractivity contribution in [2.24, 2.45) is 10.2 Å². The van der Waals surface area contributed by atoms with Crippen molar-refractivity contribution >= 4 is 18.4 Å². The second-order valence-electron chi connectivity index (χ2n) is 9.63. The Hall–Kier alpha value is -3.93. The molecule has 2 aliphatic heterocycles. The highest BCUT2D eigenvalue weighted by molar-refractivity contribution is 5.94. The summed E-state index contributed by atoms with van der Waals surface area (Å²) < 4.78 is 37.7. The molecule has 1 aromatic heterocycles. The molecule has 2 aromatic carbocycles. The van der Waals surface area contributed by atoms with E-state index in [-0.39, 0.29) is 36.0 Å². The van der Waals surface area contributed by atoms with E-state index in [4.69, 9.17) is 24.7 Å². The van der Waals surface area contributed by atoms with Crippen molar-refractivity contribution in [3.8, 4) is 17.0 Å². The van der Waals surface area contributed by atoms with Crippen LogP contribution in [0.3, 0.4) is 0 Å². The first-order chi connectivity index (χ1) is 19.6. The standard InChI is InChI=1S/C29H33FN6O4/c1-32-36-29(24-7-2-19(14-25(24)30)15-33-21-8-11-38-17-21)39-18-27-28(31)34-16-26(35-27)20-3-5-22(6-4-20)40-23-9-12-37-13-10-23/h2-7,14,16,21,23,33H,1,8-13,15,17-18H2,(H2,31,34)/b36-29-. The molecule has 0 spiro atoms. The van der Waals surface area contributed by atoms with Gasteiger partial charge in [-0.3, -0.25) is 0 Å². The Morgan fingerprint density at radius 1 is 1.10 bits per heavy atom. The van der Waals surface area contributed by atoms with Gasteiger partial charge < -0.3 is 30.0 Å². The van der Waals surface area contributed by atoms with Gasteiger partial charge in [-0.15, -0.1) is 5.10 Å². The first-order valence-electron chi connectivity index (χ1n) is 13.3. The maximum absolute atomic E-state index is 15.1. The van der Waals surface area contributed by atoms with Gasteiger partial charge in [0.2, 0.25) is 5.90 Å². The van der Waals surface area contributed by atoms with Crippen LogP contribution in [0.2, 0.25) is 0 Å². The zero-order chi connectivity index (χ0) is 27.7. The molecule has 1 unspecified atom stereocenters. The quantitative estimate of drug-likeness (QED) is 0.222. The number of hydrogen-bond acceptors (Lipinski definition) is 10. The van der Waals surface area contributed by atoms with Crippen LogP contribution >= 0.6 is 0 Å². The monoisotopic (exact) mass is 548 g/mol. The highest BCUT2D eigenvalue weighted by Gasteiger charge is 2.18. The number of ether oxygens (including phenoxy) is 4. The van der Waals surface area contributed by atoms with Gasteiger partial charge in [0.1, 0.15) is 35.8 Å². The molecule has 3 heterocycles. The topological polar surface area (TPSA) is 125 Å². The van der Waals surface area contributed by atoms with Crippen molar-refractivity contribution in [2.75, 3.05) is 32.2 Å². The first kappa shape index (κ1) is 27.6. The van der Waals surface area contributed by atoms with Crippen molar-refractivity contribution in [2.45, 2.75) is 44.6 Å². The predicted octanol–water partition coefficient (Wildman–Crippen LogP) is 3.88. The van der Waals surface area contributed by atoms with E-state index in [1.807, 2.05) is 30.3 Å². The Morgan fingerprint density at radius 3 is 2.62 bits per heavy atom. The smallest absolute Gasteiger partial charge is 0.244 e. The summed E-state index contributed by atoms with van der Waals surface area (Å²) in [6.07, 6.45) is 4.45. The zero-order valence-corrected chi connectivity index (χ0v) is 22.2. The number of rotatable bonds is 10. The molecule has 0 bridgehead atoms. The number of nitrogens with one attached hydrogen (secondary N) is 1. The lowest BCUT2D eigenvalue weighted by Gasteiger charge is -2.23. The van der Waals surface area contributed by atoms with E-state index in [2.05, 4.69) is 32.2 Å². The van der Waals surface area contributed by atoms with Crippen LogP contribution in [0.5, 0.6) is 5.75 Å². The lowest BCUT2D eigenvalue weighted by molar-refractivity contribution is 0.0256. The summed E-state index contributed by atoms with van der Waals surface area (Å²) in [5, 5.41) is 10.8. The molecule has 0 amide bonds. The summed E-state index contributed by atoms with van der Waals surface area (Å²) in [6, 6.07) is 12.8. The van der Waals surface area contributed by atoms with Gasteiger partial charge in [-0.05, 0) is 48.4 Å². The number of benzene rings is 2. The van der Waals surface area contributed by atoms with Crippen molar-refractivity contribution in [3.05, 3.63) is 71.3 Å². The van der Waals surface area contributed by atoms with E-state index in [1.165, 1.54) is 6.07 Å². The van der Waals surface area contributed by atoms with E-state index < -0.39 is 5.82 Å². The molecule has 40 heavy (non-hydrogen) atoms. The summed E-state index contributed by atoms with van der Waals surface area (Å²) in [4.78, 5) is 8.90. The van der Waals surface area contributed by atoms with Crippen molar-refractivity contribution in [1.29, 1.82) is 0 Å². The van der Waals surface area contributed by atoms with Crippen LogP contribution in [0, 0.1) is 5.82 Å². The van der Waals surface area contributed by atoms with Gasteiger partial charge in [-0.1, -0.05) is 6.07 Å². The van der Waals surface area contributed by atoms with Crippen LogP contribution in [-0.2, 0) is 27.4 Å². The number of nitrogens with zero attached hydrogens (tertiary/aromatic N) is 4. The fourth-order valence-corrected chi connectivity index (χ4v) is 4.53. The fourth-order valence-electron chi connectivity index (χ4n) is 4.53. The fraction of sp³-hybridized carbons (Fsp3) is 0.379. The molecule has 2 fully saturated rings. The molecule has 1 atom stereocenters. The molecule has 3 aromatic rings. The van der Waals surface area contributed by atoms with E-state index in [9.17, 15) is 0 Å². The van der Waals surface area contributed by atoms with Crippen LogP contribution in [-0.4, -0.2) is 61.2 Å².